The molecule has 6 rings (SSSR count). The van der Waals surface area contributed by atoms with Gasteiger partial charge in [-0.05, 0) is 66.8 Å². The van der Waals surface area contributed by atoms with Gasteiger partial charge < -0.3 is 9.55 Å². The number of nitrogens with one attached hydrogen (secondary N) is 1. The van der Waals surface area contributed by atoms with Crippen molar-refractivity contribution in [3.63, 3.8) is 0 Å². The molecule has 0 atom stereocenters. The van der Waals surface area contributed by atoms with Crippen molar-refractivity contribution in [1.29, 1.82) is 0 Å². The number of nitrogens with zero attached hydrogens (tertiary/aromatic N) is 4. The smallest absolute Gasteiger partial charge is 0.279 e. The Morgan fingerprint density at radius 1 is 1.22 bits per heavy atom. The number of fused-ring (bicyclic) bond motifs is 1. The molecule has 2 aliphatic carbocycles. The summed E-state index contributed by atoms with van der Waals surface area (Å²) >= 11 is 0. The number of hydrogen-bond donors (Lipinski definition) is 1. The topological polar surface area (TPSA) is 85.6 Å². The Kier molecular flexibility index (Phi) is 4.06. The number of carbonyl (C=O) groups excluding carboxylic acids is 1. The first-order valence-electron chi connectivity index (χ1n) is 11.2. The Hall–Kier alpha value is -3.48. The molecular formula is C25H25N5O2. The van der Waals surface area contributed by atoms with Crippen LogP contribution >= 0.6 is 0 Å². The number of pyridine rings is 1. The molecule has 3 aromatic heterocycles. The number of benzene rings is 1. The summed E-state index contributed by atoms with van der Waals surface area (Å²) in [4.78, 5) is 27.8. The number of H-pyrrole nitrogens is 1. The van der Waals surface area contributed by atoms with Crippen LogP contribution in [0.4, 0.5) is 0 Å². The van der Waals surface area contributed by atoms with E-state index in [1.165, 1.54) is 0 Å². The third-order valence-corrected chi connectivity index (χ3v) is 7.20. The molecule has 7 heteroatoms. The zero-order valence-electron chi connectivity index (χ0n) is 18.2. The summed E-state index contributed by atoms with van der Waals surface area (Å²) in [5, 5.41) is 9.44. The van der Waals surface area contributed by atoms with Gasteiger partial charge >= 0.3 is 0 Å². The van der Waals surface area contributed by atoms with E-state index in [0.29, 0.717) is 23.0 Å². The molecule has 7 nitrogen and oxygen atoms in total. The van der Waals surface area contributed by atoms with E-state index in [2.05, 4.69) is 34.2 Å². The second-order valence-corrected chi connectivity index (χ2v) is 9.58. The Morgan fingerprint density at radius 2 is 2.03 bits per heavy atom. The molecule has 0 bridgehead atoms. The highest BCUT2D eigenvalue weighted by Gasteiger charge is 2.48. The minimum absolute atomic E-state index is 0.135. The average molecular weight is 428 g/mol. The SMILES string of the molecule is CC1CC(c2cccc(-n3cc(C4CC4)c4cc(C=O)[nH]c4c3=O)c2)(c2nncn2C)C1. The number of aromatic nitrogens is 5. The van der Waals surface area contributed by atoms with Crippen molar-refractivity contribution >= 4 is 17.2 Å². The molecule has 4 aromatic rings. The second kappa shape index (κ2) is 6.76. The third-order valence-electron chi connectivity index (χ3n) is 7.20. The molecule has 162 valence electrons. The molecule has 2 aliphatic rings. The van der Waals surface area contributed by atoms with Crippen LogP contribution in [0.25, 0.3) is 16.6 Å². The van der Waals surface area contributed by atoms with Gasteiger partial charge in [0.2, 0.25) is 0 Å². The maximum Gasteiger partial charge on any atom is 0.279 e. The fraction of sp³-hybridized carbons (Fsp3) is 0.360. The molecule has 0 unspecified atom stereocenters. The molecule has 0 radical (unpaired) electrons. The fourth-order valence-electron chi connectivity index (χ4n) is 5.58. The lowest BCUT2D eigenvalue weighted by Gasteiger charge is -2.46. The molecule has 0 saturated heterocycles. The highest BCUT2D eigenvalue weighted by atomic mass is 16.1. The fourth-order valence-corrected chi connectivity index (χ4v) is 5.58. The van der Waals surface area contributed by atoms with E-state index in [1.54, 1.807) is 17.0 Å². The Bertz CT molecular complexity index is 1420. The van der Waals surface area contributed by atoms with Gasteiger partial charge in [0.1, 0.15) is 17.7 Å². The zero-order valence-corrected chi connectivity index (χ0v) is 18.2. The molecule has 2 saturated carbocycles. The first-order chi connectivity index (χ1) is 15.5. The standard InChI is InChI=1S/C25H25N5O2/c1-15-10-25(11-15,24-28-26-14-29(24)2)17-4-3-5-19(8-17)30-12-21(16-6-7-16)20-9-18(13-31)27-22(20)23(30)32/h3-5,8-9,12-16,27H,6-7,10-11H2,1-2H3. The van der Waals surface area contributed by atoms with Crippen LogP contribution < -0.4 is 5.56 Å². The van der Waals surface area contributed by atoms with Gasteiger partial charge in [0.25, 0.3) is 5.56 Å². The van der Waals surface area contributed by atoms with Gasteiger partial charge in [-0.25, -0.2) is 0 Å². The second-order valence-electron chi connectivity index (χ2n) is 9.58. The highest BCUT2D eigenvalue weighted by molar-refractivity contribution is 5.90. The van der Waals surface area contributed by atoms with Crippen molar-refractivity contribution in [3.8, 4) is 5.69 Å². The largest absolute Gasteiger partial charge is 0.348 e. The van der Waals surface area contributed by atoms with E-state index in [-0.39, 0.29) is 11.0 Å². The maximum absolute atomic E-state index is 13.4. The number of hydrogen-bond acceptors (Lipinski definition) is 4. The molecule has 32 heavy (non-hydrogen) atoms. The van der Waals surface area contributed by atoms with Gasteiger partial charge in [0, 0.05) is 24.3 Å². The minimum Gasteiger partial charge on any atom is -0.348 e. The molecular weight excluding hydrogens is 402 g/mol. The van der Waals surface area contributed by atoms with Crippen molar-refractivity contribution in [2.45, 2.75) is 43.9 Å². The molecule has 1 N–H and O–H groups in total. The normalized spacial score (nSPS) is 22.8. The predicted molar refractivity (Wildman–Crippen MR) is 121 cm³/mol. The van der Waals surface area contributed by atoms with Crippen LogP contribution in [0.3, 0.4) is 0 Å². The molecule has 2 fully saturated rings. The number of aldehydes is 1. The average Bonchev–Trinajstić information content (AvgIpc) is 3.37. The molecule has 1 aromatic carbocycles. The van der Waals surface area contributed by atoms with E-state index in [9.17, 15) is 9.59 Å². The van der Waals surface area contributed by atoms with E-state index in [4.69, 9.17) is 0 Å². The summed E-state index contributed by atoms with van der Waals surface area (Å²) in [5.41, 5.74) is 3.74. The maximum atomic E-state index is 13.4. The van der Waals surface area contributed by atoms with Crippen LogP contribution in [0.2, 0.25) is 0 Å². The first-order valence-corrected chi connectivity index (χ1v) is 11.2. The van der Waals surface area contributed by atoms with Crippen molar-refractivity contribution in [2.24, 2.45) is 13.0 Å². The first kappa shape index (κ1) is 19.2. The molecule has 0 amide bonds. The lowest BCUT2D eigenvalue weighted by molar-refractivity contribution is 0.112. The summed E-state index contributed by atoms with van der Waals surface area (Å²) < 4.78 is 3.74. The van der Waals surface area contributed by atoms with Crippen molar-refractivity contribution < 1.29 is 4.79 Å². The van der Waals surface area contributed by atoms with Gasteiger partial charge in [-0.1, -0.05) is 19.1 Å². The zero-order chi connectivity index (χ0) is 22.0. The monoisotopic (exact) mass is 427 g/mol. The van der Waals surface area contributed by atoms with E-state index in [0.717, 1.165) is 60.0 Å². The van der Waals surface area contributed by atoms with Gasteiger partial charge in [0.05, 0.1) is 11.1 Å². The summed E-state index contributed by atoms with van der Waals surface area (Å²) in [6, 6.07) is 10.0. The lowest BCUT2D eigenvalue weighted by Crippen LogP contribution is -2.43. The van der Waals surface area contributed by atoms with E-state index in [1.807, 2.05) is 29.9 Å². The summed E-state index contributed by atoms with van der Waals surface area (Å²) in [6.07, 6.45) is 8.73. The quantitative estimate of drug-likeness (QED) is 0.490. The van der Waals surface area contributed by atoms with Crippen LogP contribution in [0.15, 0.2) is 47.7 Å². The molecule has 3 heterocycles. The van der Waals surface area contributed by atoms with Crippen molar-refractivity contribution in [1.82, 2.24) is 24.3 Å². The lowest BCUT2D eigenvalue weighted by atomic mass is 9.58. The number of carbonyl (C=O) groups is 1. The number of rotatable bonds is 5. The summed E-state index contributed by atoms with van der Waals surface area (Å²) in [5.74, 6) is 2.02. The third kappa shape index (κ3) is 2.73. The Balaban J connectivity index is 1.53. The van der Waals surface area contributed by atoms with Crippen LogP contribution in [0.1, 0.15) is 66.0 Å². The number of aryl methyl sites for hydroxylation is 1. The van der Waals surface area contributed by atoms with Gasteiger partial charge in [-0.3, -0.25) is 14.2 Å². The summed E-state index contributed by atoms with van der Waals surface area (Å²) in [6.45, 7) is 2.26. The number of aromatic amines is 1. The van der Waals surface area contributed by atoms with Gasteiger partial charge in [-0.2, -0.15) is 0 Å². The minimum atomic E-state index is -0.190. The summed E-state index contributed by atoms with van der Waals surface area (Å²) in [7, 11) is 1.99. The van der Waals surface area contributed by atoms with Crippen molar-refractivity contribution in [2.75, 3.05) is 0 Å². The van der Waals surface area contributed by atoms with Crippen molar-refractivity contribution in [3.05, 3.63) is 75.9 Å². The predicted octanol–water partition coefficient (Wildman–Crippen LogP) is 3.85. The van der Waals surface area contributed by atoms with Crippen LogP contribution in [0, 0.1) is 5.92 Å². The molecule has 0 spiro atoms. The Morgan fingerprint density at radius 3 is 2.69 bits per heavy atom. The van der Waals surface area contributed by atoms with E-state index >= 15 is 0 Å². The highest BCUT2D eigenvalue weighted by Crippen LogP contribution is 2.51. The van der Waals surface area contributed by atoms with Crippen LogP contribution in [-0.4, -0.2) is 30.6 Å². The van der Waals surface area contributed by atoms with Gasteiger partial charge in [-0.15, -0.1) is 10.2 Å². The Labute approximate surface area is 185 Å². The van der Waals surface area contributed by atoms with Crippen LogP contribution in [0.5, 0.6) is 0 Å². The van der Waals surface area contributed by atoms with E-state index < -0.39 is 0 Å². The van der Waals surface area contributed by atoms with Gasteiger partial charge in [0.15, 0.2) is 6.29 Å². The molecule has 0 aliphatic heterocycles. The van der Waals surface area contributed by atoms with Crippen LogP contribution in [-0.2, 0) is 12.5 Å².